The predicted octanol–water partition coefficient (Wildman–Crippen LogP) is 5.47. The minimum absolute atomic E-state index is 0.0729. The van der Waals surface area contributed by atoms with Crippen molar-refractivity contribution < 1.29 is 33.4 Å². The largest absolute Gasteiger partial charge is 0.405 e. The first kappa shape index (κ1) is 41.2. The van der Waals surface area contributed by atoms with E-state index in [1.165, 1.54) is 10.9 Å². The number of ether oxygens (including phenoxy) is 1. The van der Waals surface area contributed by atoms with Crippen LogP contribution in [0, 0.1) is 0 Å². The number of fused-ring (bicyclic) bond motifs is 1. The third kappa shape index (κ3) is 13.5. The van der Waals surface area contributed by atoms with Crippen molar-refractivity contribution in [2.24, 2.45) is 0 Å². The van der Waals surface area contributed by atoms with Crippen molar-refractivity contribution in [1.29, 1.82) is 0 Å². The summed E-state index contributed by atoms with van der Waals surface area (Å²) in [6.07, 6.45) is 24.2. The highest BCUT2D eigenvalue weighted by Gasteiger charge is 2.46. The molecule has 3 rings (SSSR count). The number of aliphatic hydroxyl groups excluding tert-OH is 2. The lowest BCUT2D eigenvalue weighted by molar-refractivity contribution is -0.121. The lowest BCUT2D eigenvalue weighted by Crippen LogP contribution is -2.35. The number of hydrogen-bond acceptors (Lipinski definition) is 11. The van der Waals surface area contributed by atoms with Crippen molar-refractivity contribution in [3.8, 4) is 0 Å². The number of carbonyl (C=O) groups is 1. The van der Waals surface area contributed by atoms with Crippen LogP contribution >= 0.6 is 19.3 Å². The van der Waals surface area contributed by atoms with Crippen LogP contribution in [0.4, 0.5) is 5.82 Å². The summed E-state index contributed by atoms with van der Waals surface area (Å²) in [5, 5.41) is 26.8. The standard InChI is InChI=1S/C34H51ClN7O7P/c1-3-5-6-7-8-9-10-11-12-13-14-15-16-17-18-19-20-21-27(43)37-22-23-40-50(46,47-4-2)48-24-26-29(44)30(45)33(49-26)42-32-28(41-34(42)35)31(36)38-25-39-32/h5-6,8-9,11-12,14-15,17-18,25-26,29-30,33,44-45H,3-4,7,10,13,16,19-24H2,1-2H3,(H,37,43)(H,40,46)(H2,36,38,39)/b6-5-,9-8-,12-11-,15-14-,18-17-/t26-,29-,30-,33?,50?/m1/s1. The number of hydrogen-bond donors (Lipinski definition) is 5. The number of unbranched alkanes of at least 4 members (excludes halogenated alkanes) is 1. The fourth-order valence-electron chi connectivity index (χ4n) is 4.91. The van der Waals surface area contributed by atoms with Gasteiger partial charge in [0.2, 0.25) is 11.2 Å². The average Bonchev–Trinajstić information content (AvgIpc) is 3.58. The van der Waals surface area contributed by atoms with Crippen LogP contribution in [0.5, 0.6) is 0 Å². The van der Waals surface area contributed by atoms with Gasteiger partial charge in [-0.05, 0) is 63.5 Å². The molecule has 0 radical (unpaired) electrons. The molecular formula is C34H51ClN7O7P. The highest BCUT2D eigenvalue weighted by Crippen LogP contribution is 2.44. The second-order valence-electron chi connectivity index (χ2n) is 11.3. The number of imidazole rings is 1. The van der Waals surface area contributed by atoms with E-state index in [2.05, 4.69) is 93.0 Å². The number of amides is 1. The quantitative estimate of drug-likeness (QED) is 0.0419. The maximum Gasteiger partial charge on any atom is 0.405 e. The van der Waals surface area contributed by atoms with Crippen molar-refractivity contribution in [2.75, 3.05) is 32.0 Å². The number of anilines is 1. The number of nitrogens with two attached hydrogens (primary N) is 1. The van der Waals surface area contributed by atoms with Gasteiger partial charge >= 0.3 is 7.75 Å². The van der Waals surface area contributed by atoms with Crippen LogP contribution in [0.25, 0.3) is 11.2 Å². The molecule has 0 saturated carbocycles. The Morgan fingerprint density at radius 3 is 2.26 bits per heavy atom. The lowest BCUT2D eigenvalue weighted by atomic mass is 10.1. The molecule has 3 heterocycles. The van der Waals surface area contributed by atoms with Gasteiger partial charge in [0.1, 0.15) is 24.6 Å². The van der Waals surface area contributed by atoms with E-state index < -0.39 is 32.3 Å². The Labute approximate surface area is 299 Å². The summed E-state index contributed by atoms with van der Waals surface area (Å²) in [7, 11) is -3.85. The van der Waals surface area contributed by atoms with Gasteiger partial charge in [0, 0.05) is 19.5 Å². The number of aromatic nitrogens is 4. The molecule has 2 unspecified atom stereocenters. The summed E-state index contributed by atoms with van der Waals surface area (Å²) < 4.78 is 31.3. The molecule has 0 aromatic carbocycles. The van der Waals surface area contributed by atoms with Gasteiger partial charge in [-0.2, -0.15) is 0 Å². The summed E-state index contributed by atoms with van der Waals surface area (Å²) in [6.45, 7) is 3.77. The van der Waals surface area contributed by atoms with Crippen molar-refractivity contribution >= 4 is 42.2 Å². The third-order valence-electron chi connectivity index (χ3n) is 7.45. The summed E-state index contributed by atoms with van der Waals surface area (Å²) >= 11 is 6.27. The van der Waals surface area contributed by atoms with Gasteiger partial charge in [-0.25, -0.2) is 24.6 Å². The molecule has 2 aromatic heterocycles. The fraction of sp³-hybridized carbons (Fsp3) is 0.529. The van der Waals surface area contributed by atoms with Crippen molar-refractivity contribution in [3.05, 3.63) is 72.4 Å². The van der Waals surface area contributed by atoms with Crippen LogP contribution < -0.4 is 16.1 Å². The van der Waals surface area contributed by atoms with Crippen LogP contribution in [-0.2, 0) is 23.1 Å². The van der Waals surface area contributed by atoms with Crippen LogP contribution in [0.1, 0.15) is 71.4 Å². The first-order chi connectivity index (χ1) is 24.2. The Morgan fingerprint density at radius 1 is 0.980 bits per heavy atom. The molecule has 14 nitrogen and oxygen atoms in total. The molecule has 6 N–H and O–H groups in total. The molecule has 1 fully saturated rings. The maximum absolute atomic E-state index is 13.3. The Morgan fingerprint density at radius 2 is 1.62 bits per heavy atom. The molecule has 276 valence electrons. The maximum atomic E-state index is 13.3. The van der Waals surface area contributed by atoms with Crippen LogP contribution in [0.3, 0.4) is 0 Å². The van der Waals surface area contributed by atoms with Crippen LogP contribution in [0.15, 0.2) is 67.1 Å². The van der Waals surface area contributed by atoms with Crippen molar-refractivity contribution in [1.82, 2.24) is 29.9 Å². The van der Waals surface area contributed by atoms with E-state index in [4.69, 9.17) is 31.1 Å². The highest BCUT2D eigenvalue weighted by atomic mass is 35.5. The zero-order chi connectivity index (χ0) is 36.2. The monoisotopic (exact) mass is 735 g/mol. The Bertz CT molecular complexity index is 1530. The van der Waals surface area contributed by atoms with E-state index in [1.54, 1.807) is 6.92 Å². The fourth-order valence-corrected chi connectivity index (χ4v) is 6.49. The number of aliphatic hydroxyl groups is 2. The summed E-state index contributed by atoms with van der Waals surface area (Å²) in [5.74, 6) is -0.0311. The number of halogens is 1. The predicted molar refractivity (Wildman–Crippen MR) is 195 cm³/mol. The molecule has 5 atom stereocenters. The zero-order valence-corrected chi connectivity index (χ0v) is 30.4. The van der Waals surface area contributed by atoms with Crippen molar-refractivity contribution in [2.45, 2.75) is 89.8 Å². The Kier molecular flexibility index (Phi) is 18.6. The van der Waals surface area contributed by atoms with Crippen LogP contribution in [0.2, 0.25) is 5.28 Å². The van der Waals surface area contributed by atoms with E-state index in [0.29, 0.717) is 12.8 Å². The molecule has 0 aliphatic carbocycles. The highest BCUT2D eigenvalue weighted by molar-refractivity contribution is 7.51. The molecule has 0 spiro atoms. The Hall–Kier alpha value is -3.20. The van der Waals surface area contributed by atoms with Gasteiger partial charge in [-0.15, -0.1) is 0 Å². The number of rotatable bonds is 23. The van der Waals surface area contributed by atoms with Crippen molar-refractivity contribution in [3.63, 3.8) is 0 Å². The molecule has 1 amide bonds. The number of nitrogens with zero attached hydrogens (tertiary/aromatic N) is 4. The molecule has 1 saturated heterocycles. The average molecular weight is 736 g/mol. The first-order valence-corrected chi connectivity index (χ1v) is 18.9. The second kappa shape index (κ2) is 22.6. The molecule has 1 aliphatic rings. The SMILES string of the molecule is CC/C=C\C/C=C\C/C=C\C/C=C\C/C=C\CCCC(=O)NCCNP(=O)(OCC)OC[C@H]1OC(n2c(Cl)nc3c(N)ncnc32)[C@H](O)[C@@H]1O. The second-order valence-corrected chi connectivity index (χ2v) is 13.5. The van der Waals surface area contributed by atoms with E-state index >= 15 is 0 Å². The van der Waals surface area contributed by atoms with Gasteiger partial charge in [0.25, 0.3) is 0 Å². The number of nitrogens with one attached hydrogen (secondary N) is 2. The normalized spacial score (nSPS) is 21.2. The van der Waals surface area contributed by atoms with Gasteiger partial charge in [0.15, 0.2) is 23.2 Å². The minimum Gasteiger partial charge on any atom is -0.387 e. The van der Waals surface area contributed by atoms with Gasteiger partial charge < -0.3 is 26.0 Å². The molecule has 50 heavy (non-hydrogen) atoms. The zero-order valence-electron chi connectivity index (χ0n) is 28.8. The summed E-state index contributed by atoms with van der Waals surface area (Å²) in [6, 6.07) is 0. The van der Waals surface area contributed by atoms with Gasteiger partial charge in [-0.3, -0.25) is 18.4 Å². The summed E-state index contributed by atoms with van der Waals surface area (Å²) in [4.78, 5) is 24.4. The third-order valence-corrected chi connectivity index (χ3v) is 9.41. The Balaban J connectivity index is 1.30. The molecule has 0 bridgehead atoms. The first-order valence-electron chi connectivity index (χ1n) is 17.0. The van der Waals surface area contributed by atoms with E-state index in [1.807, 2.05) is 0 Å². The smallest absolute Gasteiger partial charge is 0.387 e. The molecule has 16 heteroatoms. The number of allylic oxidation sites excluding steroid dienone is 10. The van der Waals surface area contributed by atoms with E-state index in [9.17, 15) is 19.6 Å². The van der Waals surface area contributed by atoms with Crippen LogP contribution in [-0.4, -0.2) is 80.3 Å². The minimum atomic E-state index is -3.85. The summed E-state index contributed by atoms with van der Waals surface area (Å²) in [5.41, 5.74) is 6.27. The number of carbonyl (C=O) groups excluding carboxylic acids is 1. The van der Waals surface area contributed by atoms with Gasteiger partial charge in [0.05, 0.1) is 13.2 Å². The lowest BCUT2D eigenvalue weighted by Gasteiger charge is -2.22. The van der Waals surface area contributed by atoms with E-state index in [0.717, 1.165) is 38.5 Å². The van der Waals surface area contributed by atoms with E-state index in [-0.39, 0.29) is 54.5 Å². The molecular weight excluding hydrogens is 685 g/mol. The molecule has 2 aromatic rings. The number of nitrogen functional groups attached to an aromatic ring is 1. The topological polar surface area (TPSA) is 196 Å². The molecule has 1 aliphatic heterocycles. The van der Waals surface area contributed by atoms with Gasteiger partial charge in [-0.1, -0.05) is 67.7 Å².